The quantitative estimate of drug-likeness (QED) is 0.819. The van der Waals surface area contributed by atoms with Gasteiger partial charge in [0.05, 0.1) is 0 Å². The molecular formula is C18H24N2. The van der Waals surface area contributed by atoms with E-state index >= 15 is 0 Å². The first-order chi connectivity index (χ1) is 9.79. The first-order valence-corrected chi connectivity index (χ1v) is 7.49. The fourth-order valence-corrected chi connectivity index (χ4v) is 2.35. The van der Waals surface area contributed by atoms with E-state index in [0.717, 1.165) is 31.5 Å². The van der Waals surface area contributed by atoms with Gasteiger partial charge >= 0.3 is 0 Å². The van der Waals surface area contributed by atoms with Crippen LogP contribution in [0.1, 0.15) is 42.6 Å². The minimum Gasteiger partial charge on any atom is -0.310 e. The van der Waals surface area contributed by atoms with Crippen LogP contribution in [-0.2, 0) is 6.42 Å². The molecule has 2 nitrogen and oxygen atoms in total. The molecule has 0 amide bonds. The van der Waals surface area contributed by atoms with Crippen LogP contribution in [0.3, 0.4) is 0 Å². The molecule has 1 heterocycles. The van der Waals surface area contributed by atoms with Crippen LogP contribution in [0.4, 0.5) is 0 Å². The summed E-state index contributed by atoms with van der Waals surface area (Å²) in [6.07, 6.45) is 5.32. The molecule has 1 unspecified atom stereocenters. The predicted octanol–water partition coefficient (Wildman–Crippen LogP) is 4.06. The van der Waals surface area contributed by atoms with Gasteiger partial charge in [-0.3, -0.25) is 4.98 Å². The van der Waals surface area contributed by atoms with Gasteiger partial charge in [-0.15, -0.1) is 0 Å². The van der Waals surface area contributed by atoms with Gasteiger partial charge in [-0.2, -0.15) is 0 Å². The zero-order chi connectivity index (χ0) is 14.2. The molecule has 20 heavy (non-hydrogen) atoms. The maximum atomic E-state index is 4.37. The highest BCUT2D eigenvalue weighted by molar-refractivity contribution is 5.20. The molecule has 0 radical (unpaired) electrons. The number of hydrogen-bond donors (Lipinski definition) is 1. The van der Waals surface area contributed by atoms with Gasteiger partial charge in [-0.1, -0.05) is 43.3 Å². The van der Waals surface area contributed by atoms with E-state index in [1.807, 2.05) is 13.1 Å². The Bertz CT molecular complexity index is 491. The van der Waals surface area contributed by atoms with Crippen molar-refractivity contribution < 1.29 is 0 Å². The van der Waals surface area contributed by atoms with Crippen LogP contribution in [0.2, 0.25) is 0 Å². The van der Waals surface area contributed by atoms with Gasteiger partial charge < -0.3 is 5.32 Å². The molecule has 1 N–H and O–H groups in total. The lowest BCUT2D eigenvalue weighted by Gasteiger charge is -2.19. The molecule has 2 heteroatoms. The maximum Gasteiger partial charge on any atom is 0.0372 e. The summed E-state index contributed by atoms with van der Waals surface area (Å²) in [6.45, 7) is 5.30. The number of nitrogens with one attached hydrogen (secondary N) is 1. The average molecular weight is 268 g/mol. The molecular weight excluding hydrogens is 244 g/mol. The van der Waals surface area contributed by atoms with E-state index in [2.05, 4.69) is 59.7 Å². The highest BCUT2D eigenvalue weighted by atomic mass is 14.9. The first kappa shape index (κ1) is 14.7. The first-order valence-electron chi connectivity index (χ1n) is 7.49. The summed E-state index contributed by atoms with van der Waals surface area (Å²) in [5.74, 6) is 0. The van der Waals surface area contributed by atoms with E-state index in [1.54, 1.807) is 0 Å². The van der Waals surface area contributed by atoms with Crippen molar-refractivity contribution in [2.24, 2.45) is 0 Å². The minimum absolute atomic E-state index is 0.428. The van der Waals surface area contributed by atoms with Crippen molar-refractivity contribution in [3.8, 4) is 0 Å². The van der Waals surface area contributed by atoms with Crippen LogP contribution < -0.4 is 5.32 Å². The van der Waals surface area contributed by atoms with Crippen LogP contribution >= 0.6 is 0 Å². The molecule has 0 saturated carbocycles. The number of nitrogens with zero attached hydrogens (tertiary/aromatic N) is 1. The van der Waals surface area contributed by atoms with Crippen molar-refractivity contribution in [1.82, 2.24) is 10.3 Å². The highest BCUT2D eigenvalue weighted by Crippen LogP contribution is 2.19. The Morgan fingerprint density at radius 2 is 1.90 bits per heavy atom. The number of aryl methyl sites for hydroxylation is 2. The summed E-state index contributed by atoms with van der Waals surface area (Å²) in [5.41, 5.74) is 3.77. The number of rotatable bonds is 7. The lowest BCUT2D eigenvalue weighted by atomic mass is 9.99. The molecule has 0 aliphatic carbocycles. The third kappa shape index (κ3) is 4.46. The Morgan fingerprint density at radius 1 is 1.10 bits per heavy atom. The van der Waals surface area contributed by atoms with Gasteiger partial charge in [0, 0.05) is 17.9 Å². The predicted molar refractivity (Wildman–Crippen MR) is 84.8 cm³/mol. The standard InChI is InChI=1S/C18H24N2/c1-3-13-19-18(17-7-5-4-6-8-17)12-11-16-10-9-15(2)20-14-16/h4-10,14,18-19H,3,11-13H2,1-2H3. The molecule has 1 atom stereocenters. The van der Waals surface area contributed by atoms with Gasteiger partial charge in [0.1, 0.15) is 0 Å². The smallest absolute Gasteiger partial charge is 0.0372 e. The van der Waals surface area contributed by atoms with E-state index in [9.17, 15) is 0 Å². The second-order valence-electron chi connectivity index (χ2n) is 5.26. The summed E-state index contributed by atoms with van der Waals surface area (Å²) in [7, 11) is 0. The molecule has 1 aromatic carbocycles. The van der Waals surface area contributed by atoms with E-state index in [1.165, 1.54) is 11.1 Å². The van der Waals surface area contributed by atoms with Crippen molar-refractivity contribution in [2.75, 3.05) is 6.54 Å². The number of benzene rings is 1. The Hall–Kier alpha value is -1.67. The molecule has 106 valence electrons. The van der Waals surface area contributed by atoms with Crippen molar-refractivity contribution in [1.29, 1.82) is 0 Å². The molecule has 0 aliphatic heterocycles. The van der Waals surface area contributed by atoms with Gasteiger partial charge in [-0.05, 0) is 49.9 Å². The largest absolute Gasteiger partial charge is 0.310 e. The van der Waals surface area contributed by atoms with Crippen LogP contribution in [0.5, 0.6) is 0 Å². The van der Waals surface area contributed by atoms with Gasteiger partial charge in [0.2, 0.25) is 0 Å². The van der Waals surface area contributed by atoms with Crippen molar-refractivity contribution in [2.45, 2.75) is 39.2 Å². The van der Waals surface area contributed by atoms with Crippen LogP contribution in [0.15, 0.2) is 48.7 Å². The Labute approximate surface area is 122 Å². The fourth-order valence-electron chi connectivity index (χ4n) is 2.35. The molecule has 2 rings (SSSR count). The Balaban J connectivity index is 1.99. The second kappa shape index (κ2) is 7.81. The molecule has 0 fully saturated rings. The molecule has 0 bridgehead atoms. The van der Waals surface area contributed by atoms with E-state index in [0.29, 0.717) is 6.04 Å². The van der Waals surface area contributed by atoms with Crippen molar-refractivity contribution >= 4 is 0 Å². The lowest BCUT2D eigenvalue weighted by molar-refractivity contribution is 0.499. The average Bonchev–Trinajstić information content (AvgIpc) is 2.50. The summed E-state index contributed by atoms with van der Waals surface area (Å²) in [4.78, 5) is 4.37. The molecule has 1 aromatic heterocycles. The normalized spacial score (nSPS) is 12.3. The van der Waals surface area contributed by atoms with Crippen LogP contribution in [-0.4, -0.2) is 11.5 Å². The summed E-state index contributed by atoms with van der Waals surface area (Å²) < 4.78 is 0. The molecule has 2 aromatic rings. The van der Waals surface area contributed by atoms with Crippen LogP contribution in [0.25, 0.3) is 0 Å². The summed E-state index contributed by atoms with van der Waals surface area (Å²) >= 11 is 0. The van der Waals surface area contributed by atoms with E-state index in [4.69, 9.17) is 0 Å². The number of hydrogen-bond acceptors (Lipinski definition) is 2. The van der Waals surface area contributed by atoms with E-state index < -0.39 is 0 Å². The Morgan fingerprint density at radius 3 is 2.55 bits per heavy atom. The van der Waals surface area contributed by atoms with Crippen molar-refractivity contribution in [3.05, 3.63) is 65.5 Å². The van der Waals surface area contributed by atoms with Crippen LogP contribution in [0, 0.1) is 6.92 Å². The maximum absolute atomic E-state index is 4.37. The fraction of sp³-hybridized carbons (Fsp3) is 0.389. The zero-order valence-electron chi connectivity index (χ0n) is 12.5. The highest BCUT2D eigenvalue weighted by Gasteiger charge is 2.10. The summed E-state index contributed by atoms with van der Waals surface area (Å²) in [6, 6.07) is 15.4. The monoisotopic (exact) mass is 268 g/mol. The van der Waals surface area contributed by atoms with E-state index in [-0.39, 0.29) is 0 Å². The summed E-state index contributed by atoms with van der Waals surface area (Å²) in [5, 5.41) is 3.65. The molecule has 0 spiro atoms. The molecule has 0 aliphatic rings. The second-order valence-corrected chi connectivity index (χ2v) is 5.26. The third-order valence-corrected chi connectivity index (χ3v) is 3.54. The Kier molecular flexibility index (Phi) is 5.75. The SMILES string of the molecule is CCCNC(CCc1ccc(C)nc1)c1ccccc1. The van der Waals surface area contributed by atoms with Gasteiger partial charge in [0.15, 0.2) is 0 Å². The zero-order valence-corrected chi connectivity index (χ0v) is 12.5. The third-order valence-electron chi connectivity index (χ3n) is 3.54. The lowest BCUT2D eigenvalue weighted by Crippen LogP contribution is -2.22. The van der Waals surface area contributed by atoms with Crippen molar-refractivity contribution in [3.63, 3.8) is 0 Å². The van der Waals surface area contributed by atoms with Gasteiger partial charge in [-0.25, -0.2) is 0 Å². The van der Waals surface area contributed by atoms with Gasteiger partial charge in [0.25, 0.3) is 0 Å². The number of pyridine rings is 1. The topological polar surface area (TPSA) is 24.9 Å². The molecule has 0 saturated heterocycles. The minimum atomic E-state index is 0.428. The number of aromatic nitrogens is 1.